The molecular weight excluding hydrogens is 344 g/mol. The van der Waals surface area contributed by atoms with Gasteiger partial charge in [0.15, 0.2) is 0 Å². The molecule has 1 heterocycles. The molecule has 3 aromatic rings. The number of hydrogen-bond acceptors (Lipinski definition) is 4. The number of amides is 2. The molecule has 2 amide bonds. The third-order valence-corrected chi connectivity index (χ3v) is 4.48. The average Bonchev–Trinajstić information content (AvgIpc) is 2.64. The van der Waals surface area contributed by atoms with E-state index in [2.05, 4.69) is 5.32 Å². The maximum absolute atomic E-state index is 12.6. The minimum atomic E-state index is -0.722. The highest BCUT2D eigenvalue weighted by Crippen LogP contribution is 2.18. The van der Waals surface area contributed by atoms with Crippen molar-refractivity contribution in [1.29, 1.82) is 0 Å². The number of para-hydroxylation sites is 1. The van der Waals surface area contributed by atoms with Crippen molar-refractivity contribution in [2.24, 2.45) is 0 Å². The van der Waals surface area contributed by atoms with Crippen LogP contribution in [0.5, 0.6) is 0 Å². The number of nitrogens with zero attached hydrogens (tertiary/aromatic N) is 1. The normalized spacial score (nSPS) is 10.6. The molecular formula is C21H20N2O4. The number of carbonyl (C=O) groups excluding carboxylic acids is 2. The van der Waals surface area contributed by atoms with Gasteiger partial charge >= 0.3 is 5.63 Å². The summed E-state index contributed by atoms with van der Waals surface area (Å²) in [6, 6.07) is 14.1. The lowest BCUT2D eigenvalue weighted by atomic mass is 10.1. The van der Waals surface area contributed by atoms with Gasteiger partial charge in [-0.3, -0.25) is 9.59 Å². The van der Waals surface area contributed by atoms with Crippen LogP contribution in [0.1, 0.15) is 21.5 Å². The molecule has 0 unspecified atom stereocenters. The molecule has 0 radical (unpaired) electrons. The van der Waals surface area contributed by atoms with E-state index < -0.39 is 11.5 Å². The molecule has 1 aromatic heterocycles. The van der Waals surface area contributed by atoms with Gasteiger partial charge in [-0.15, -0.1) is 0 Å². The van der Waals surface area contributed by atoms with Crippen LogP contribution in [0, 0.1) is 13.8 Å². The summed E-state index contributed by atoms with van der Waals surface area (Å²) in [5, 5.41) is 3.45. The van der Waals surface area contributed by atoms with Gasteiger partial charge in [-0.2, -0.15) is 0 Å². The number of fused-ring (bicyclic) bond motifs is 1. The van der Waals surface area contributed by atoms with Crippen molar-refractivity contribution in [2.45, 2.75) is 13.8 Å². The molecule has 0 aliphatic heterocycles. The molecule has 3 rings (SSSR count). The molecule has 0 saturated carbocycles. The first-order valence-corrected chi connectivity index (χ1v) is 8.51. The number of carbonyl (C=O) groups is 2. The molecule has 0 fully saturated rings. The van der Waals surface area contributed by atoms with Crippen LogP contribution in [0.25, 0.3) is 11.0 Å². The smallest absolute Gasteiger partial charge is 0.349 e. The molecule has 6 heteroatoms. The lowest BCUT2D eigenvalue weighted by Crippen LogP contribution is -2.37. The van der Waals surface area contributed by atoms with E-state index in [0.717, 1.165) is 11.1 Å². The predicted molar refractivity (Wildman–Crippen MR) is 104 cm³/mol. The zero-order valence-electron chi connectivity index (χ0n) is 15.4. The van der Waals surface area contributed by atoms with Gasteiger partial charge in [-0.05, 0) is 43.2 Å². The number of benzene rings is 2. The van der Waals surface area contributed by atoms with E-state index in [9.17, 15) is 14.4 Å². The van der Waals surface area contributed by atoms with Crippen LogP contribution in [0.3, 0.4) is 0 Å². The monoisotopic (exact) mass is 364 g/mol. The summed E-state index contributed by atoms with van der Waals surface area (Å²) in [6.07, 6.45) is 0. The zero-order valence-corrected chi connectivity index (χ0v) is 15.4. The van der Waals surface area contributed by atoms with E-state index >= 15 is 0 Å². The molecule has 2 aromatic carbocycles. The summed E-state index contributed by atoms with van der Waals surface area (Å²) in [6.45, 7) is 3.69. The highest BCUT2D eigenvalue weighted by molar-refractivity contribution is 6.00. The Morgan fingerprint density at radius 1 is 1.07 bits per heavy atom. The second-order valence-electron chi connectivity index (χ2n) is 6.44. The number of nitrogens with one attached hydrogen (secondary N) is 1. The molecule has 0 aliphatic carbocycles. The first-order chi connectivity index (χ1) is 12.9. The molecule has 0 saturated heterocycles. The quantitative estimate of drug-likeness (QED) is 0.722. The van der Waals surface area contributed by atoms with Gasteiger partial charge in [0.2, 0.25) is 5.91 Å². The second kappa shape index (κ2) is 7.45. The van der Waals surface area contributed by atoms with Gasteiger partial charge < -0.3 is 14.6 Å². The zero-order chi connectivity index (χ0) is 19.6. The molecule has 0 aliphatic rings. The lowest BCUT2D eigenvalue weighted by Gasteiger charge is -2.17. The van der Waals surface area contributed by atoms with E-state index in [-0.39, 0.29) is 18.0 Å². The van der Waals surface area contributed by atoms with Crippen LogP contribution >= 0.6 is 0 Å². The Balaban J connectivity index is 1.76. The largest absolute Gasteiger partial charge is 0.422 e. The van der Waals surface area contributed by atoms with E-state index in [0.29, 0.717) is 16.7 Å². The van der Waals surface area contributed by atoms with Crippen molar-refractivity contribution < 1.29 is 14.0 Å². The van der Waals surface area contributed by atoms with Gasteiger partial charge in [-0.1, -0.05) is 30.3 Å². The van der Waals surface area contributed by atoms with Gasteiger partial charge in [0, 0.05) is 18.1 Å². The number of hydrogen-bond donors (Lipinski definition) is 1. The van der Waals surface area contributed by atoms with E-state index in [1.807, 2.05) is 26.0 Å². The third-order valence-electron chi connectivity index (χ3n) is 4.48. The number of aryl methyl sites for hydroxylation is 1. The summed E-state index contributed by atoms with van der Waals surface area (Å²) in [4.78, 5) is 38.2. The standard InChI is InChI=1S/C21H20N2O4/c1-13-7-6-9-17(14(13)2)22-19(24)12-23(3)20(25)16-11-15-8-4-5-10-18(15)27-21(16)26/h4-11H,12H2,1-3H3,(H,22,24). The second-order valence-corrected chi connectivity index (χ2v) is 6.44. The topological polar surface area (TPSA) is 79.6 Å². The minimum Gasteiger partial charge on any atom is -0.422 e. The van der Waals surface area contributed by atoms with E-state index in [1.54, 1.807) is 30.3 Å². The predicted octanol–water partition coefficient (Wildman–Crippen LogP) is 3.12. The number of anilines is 1. The fourth-order valence-corrected chi connectivity index (χ4v) is 2.78. The first-order valence-electron chi connectivity index (χ1n) is 8.51. The van der Waals surface area contributed by atoms with Gasteiger partial charge in [0.1, 0.15) is 11.1 Å². The molecule has 6 nitrogen and oxygen atoms in total. The van der Waals surface area contributed by atoms with Crippen LogP contribution in [-0.4, -0.2) is 30.3 Å². The fourth-order valence-electron chi connectivity index (χ4n) is 2.78. The van der Waals surface area contributed by atoms with Crippen LogP contribution in [0.2, 0.25) is 0 Å². The average molecular weight is 364 g/mol. The lowest BCUT2D eigenvalue weighted by molar-refractivity contribution is -0.116. The fraction of sp³-hybridized carbons (Fsp3) is 0.190. The molecule has 138 valence electrons. The van der Waals surface area contributed by atoms with Crippen LogP contribution in [0.15, 0.2) is 57.7 Å². The van der Waals surface area contributed by atoms with Crippen molar-refractivity contribution in [3.05, 3.63) is 75.6 Å². The maximum Gasteiger partial charge on any atom is 0.349 e. The molecule has 0 bridgehead atoms. The van der Waals surface area contributed by atoms with Crippen molar-refractivity contribution in [1.82, 2.24) is 4.90 Å². The van der Waals surface area contributed by atoms with Gasteiger partial charge in [0.25, 0.3) is 5.91 Å². The Kier molecular flexibility index (Phi) is 5.07. The Bertz CT molecular complexity index is 1080. The minimum absolute atomic E-state index is 0.101. The van der Waals surface area contributed by atoms with Crippen molar-refractivity contribution in [3.8, 4) is 0 Å². The molecule has 27 heavy (non-hydrogen) atoms. The molecule has 0 spiro atoms. The third kappa shape index (κ3) is 3.89. The Morgan fingerprint density at radius 2 is 1.81 bits per heavy atom. The van der Waals surface area contributed by atoms with Gasteiger partial charge in [0.05, 0.1) is 6.54 Å². The van der Waals surface area contributed by atoms with Crippen LogP contribution in [-0.2, 0) is 4.79 Å². The van der Waals surface area contributed by atoms with Crippen molar-refractivity contribution >= 4 is 28.5 Å². The summed E-state index contributed by atoms with van der Waals surface area (Å²) in [5.74, 6) is -0.907. The summed E-state index contributed by atoms with van der Waals surface area (Å²) < 4.78 is 5.19. The van der Waals surface area contributed by atoms with E-state index in [1.165, 1.54) is 18.0 Å². The molecule has 0 atom stereocenters. The highest BCUT2D eigenvalue weighted by Gasteiger charge is 2.20. The SMILES string of the molecule is Cc1cccc(NC(=O)CN(C)C(=O)c2cc3ccccc3oc2=O)c1C. The number of rotatable bonds is 4. The first kappa shape index (κ1) is 18.4. The maximum atomic E-state index is 12.6. The van der Waals surface area contributed by atoms with Crippen LogP contribution < -0.4 is 10.9 Å². The Hall–Kier alpha value is -3.41. The van der Waals surface area contributed by atoms with Crippen molar-refractivity contribution in [3.63, 3.8) is 0 Å². The summed E-state index contributed by atoms with van der Waals surface area (Å²) in [5.41, 5.74) is 2.32. The Labute approximate surface area is 156 Å². The van der Waals surface area contributed by atoms with E-state index in [4.69, 9.17) is 4.42 Å². The summed E-state index contributed by atoms with van der Waals surface area (Å²) >= 11 is 0. The molecule has 1 N–H and O–H groups in total. The van der Waals surface area contributed by atoms with Gasteiger partial charge in [-0.25, -0.2) is 4.79 Å². The van der Waals surface area contributed by atoms with Crippen molar-refractivity contribution in [2.75, 3.05) is 18.9 Å². The Morgan fingerprint density at radius 3 is 2.59 bits per heavy atom. The van der Waals surface area contributed by atoms with Crippen LogP contribution in [0.4, 0.5) is 5.69 Å². The summed E-state index contributed by atoms with van der Waals surface area (Å²) in [7, 11) is 1.47. The highest BCUT2D eigenvalue weighted by atomic mass is 16.4. The number of likely N-dealkylation sites (N-methyl/N-ethyl adjacent to an activating group) is 1.